The van der Waals surface area contributed by atoms with Crippen LogP contribution in [0.1, 0.15) is 0 Å². The van der Waals surface area contributed by atoms with Crippen molar-refractivity contribution in [2.24, 2.45) is 0 Å². The second-order valence-corrected chi connectivity index (χ2v) is 7.03. The molecular weight excluding hydrogens is 314 g/mol. The molecular formula is C13H11NO3S3. The Hall–Kier alpha value is -1.38. The lowest BCUT2D eigenvalue weighted by Gasteiger charge is -1.92. The molecule has 0 saturated carbocycles. The molecule has 20 heavy (non-hydrogen) atoms. The number of nitrogens with zero attached hydrogens (tertiary/aromatic N) is 1. The zero-order valence-electron chi connectivity index (χ0n) is 10.2. The van der Waals surface area contributed by atoms with Crippen LogP contribution in [-0.2, 0) is 20.2 Å². The van der Waals surface area contributed by atoms with Crippen LogP contribution in [-0.4, -0.2) is 18.3 Å². The smallest absolute Gasteiger partial charge is 0.263 e. The molecule has 7 heteroatoms. The second kappa shape index (κ2) is 6.38. The van der Waals surface area contributed by atoms with Crippen molar-refractivity contribution in [2.75, 3.05) is 0 Å². The van der Waals surface area contributed by atoms with E-state index in [4.69, 9.17) is 13.3 Å². The molecule has 0 spiro atoms. The van der Waals surface area contributed by atoms with E-state index in [0.717, 1.165) is 10.5 Å². The lowest BCUT2D eigenvalue weighted by molar-refractivity contribution is 0.450. The molecule has 3 aromatic rings. The summed E-state index contributed by atoms with van der Waals surface area (Å²) in [5.74, 6) is 0. The number of hydrogen-bond acceptors (Lipinski definition) is 4. The Morgan fingerprint density at radius 2 is 1.55 bits per heavy atom. The normalized spacial score (nSPS) is 10.9. The highest BCUT2D eigenvalue weighted by atomic mass is 32.9. The largest absolute Gasteiger partial charge is 0.285 e. The first-order chi connectivity index (χ1) is 9.43. The summed E-state index contributed by atoms with van der Waals surface area (Å²) in [4.78, 5) is 4.60. The third kappa shape index (κ3) is 4.62. The summed E-state index contributed by atoms with van der Waals surface area (Å²) >= 11 is 5.20. The SMILES string of the molecule is O=S(O)(O)=S.c1ccc(-c2nc3ccccc3s2)cc1. The van der Waals surface area contributed by atoms with Crippen LogP contribution < -0.4 is 0 Å². The summed E-state index contributed by atoms with van der Waals surface area (Å²) in [6, 6.07) is 18.5. The van der Waals surface area contributed by atoms with Crippen molar-refractivity contribution in [3.05, 3.63) is 54.6 Å². The fraction of sp³-hybridized carbons (Fsp3) is 0. The van der Waals surface area contributed by atoms with E-state index in [9.17, 15) is 0 Å². The van der Waals surface area contributed by atoms with Gasteiger partial charge in [-0.2, -0.15) is 4.21 Å². The summed E-state index contributed by atoms with van der Waals surface area (Å²) in [7, 11) is -3.83. The fourth-order valence-electron chi connectivity index (χ4n) is 1.58. The summed E-state index contributed by atoms with van der Waals surface area (Å²) in [5, 5.41) is 1.09. The van der Waals surface area contributed by atoms with E-state index in [1.807, 2.05) is 24.3 Å². The van der Waals surface area contributed by atoms with Crippen molar-refractivity contribution in [1.82, 2.24) is 4.98 Å². The van der Waals surface area contributed by atoms with Crippen molar-refractivity contribution >= 4 is 41.8 Å². The molecule has 0 amide bonds. The third-order valence-electron chi connectivity index (χ3n) is 2.31. The maximum Gasteiger partial charge on any atom is 0.263 e. The zero-order valence-corrected chi connectivity index (χ0v) is 12.6. The van der Waals surface area contributed by atoms with Crippen molar-refractivity contribution in [3.63, 3.8) is 0 Å². The van der Waals surface area contributed by atoms with Crippen molar-refractivity contribution in [2.45, 2.75) is 0 Å². The molecule has 2 N–H and O–H groups in total. The van der Waals surface area contributed by atoms with Gasteiger partial charge in [-0.3, -0.25) is 9.11 Å². The summed E-state index contributed by atoms with van der Waals surface area (Å²) in [5.41, 5.74) is 2.28. The van der Waals surface area contributed by atoms with E-state index < -0.39 is 9.05 Å². The number of thiazole rings is 1. The Bertz CT molecular complexity index is 757. The molecule has 104 valence electrons. The van der Waals surface area contributed by atoms with E-state index in [1.54, 1.807) is 11.3 Å². The van der Waals surface area contributed by atoms with Gasteiger partial charge in [0.15, 0.2) is 0 Å². The molecule has 1 aromatic heterocycles. The topological polar surface area (TPSA) is 70.4 Å². The highest BCUT2D eigenvalue weighted by Gasteiger charge is 2.03. The highest BCUT2D eigenvalue weighted by molar-refractivity contribution is 8.26. The Morgan fingerprint density at radius 3 is 2.15 bits per heavy atom. The van der Waals surface area contributed by atoms with Gasteiger partial charge in [-0.15, -0.1) is 11.3 Å². The van der Waals surface area contributed by atoms with Crippen LogP contribution in [0.5, 0.6) is 0 Å². The maximum absolute atomic E-state index is 9.11. The third-order valence-corrected chi connectivity index (χ3v) is 3.40. The molecule has 0 unspecified atom stereocenters. The van der Waals surface area contributed by atoms with E-state index >= 15 is 0 Å². The number of para-hydroxylation sites is 1. The molecule has 0 bridgehead atoms. The molecule has 0 saturated heterocycles. The average Bonchev–Trinajstić information content (AvgIpc) is 2.81. The Labute approximate surface area is 125 Å². The lowest BCUT2D eigenvalue weighted by Crippen LogP contribution is -1.86. The molecule has 0 fully saturated rings. The fourth-order valence-corrected chi connectivity index (χ4v) is 2.55. The zero-order chi connectivity index (χ0) is 14.6. The maximum atomic E-state index is 9.11. The van der Waals surface area contributed by atoms with Crippen molar-refractivity contribution < 1.29 is 13.3 Å². The van der Waals surface area contributed by atoms with Gasteiger partial charge in [0.1, 0.15) is 5.01 Å². The number of benzene rings is 2. The summed E-state index contributed by atoms with van der Waals surface area (Å²) in [6.45, 7) is 0. The van der Waals surface area contributed by atoms with Gasteiger partial charge in [0.05, 0.1) is 10.2 Å². The number of fused-ring (bicyclic) bond motifs is 1. The molecule has 0 radical (unpaired) electrons. The van der Waals surface area contributed by atoms with Gasteiger partial charge in [-0.1, -0.05) is 42.5 Å². The van der Waals surface area contributed by atoms with Crippen LogP contribution in [0.2, 0.25) is 0 Å². The number of aromatic nitrogens is 1. The lowest BCUT2D eigenvalue weighted by atomic mass is 10.2. The first-order valence-corrected chi connectivity index (χ1v) is 8.76. The predicted molar refractivity (Wildman–Crippen MR) is 85.8 cm³/mol. The van der Waals surface area contributed by atoms with Crippen molar-refractivity contribution in [1.29, 1.82) is 0 Å². The summed E-state index contributed by atoms with van der Waals surface area (Å²) in [6.07, 6.45) is 0. The quantitative estimate of drug-likeness (QED) is 0.715. The van der Waals surface area contributed by atoms with Gasteiger partial charge in [-0.25, -0.2) is 4.98 Å². The van der Waals surface area contributed by atoms with Gasteiger partial charge in [-0.05, 0) is 12.1 Å². The number of rotatable bonds is 1. The molecule has 0 aliphatic heterocycles. The molecule has 0 atom stereocenters. The van der Waals surface area contributed by atoms with Crippen LogP contribution in [0.25, 0.3) is 20.8 Å². The van der Waals surface area contributed by atoms with E-state index in [0.29, 0.717) is 0 Å². The Balaban J connectivity index is 0.000000257. The second-order valence-electron chi connectivity index (χ2n) is 3.80. The van der Waals surface area contributed by atoms with Crippen LogP contribution in [0.3, 0.4) is 0 Å². The van der Waals surface area contributed by atoms with Gasteiger partial charge >= 0.3 is 0 Å². The van der Waals surface area contributed by atoms with Crippen molar-refractivity contribution in [3.8, 4) is 10.6 Å². The van der Waals surface area contributed by atoms with Gasteiger partial charge in [0.2, 0.25) is 0 Å². The van der Waals surface area contributed by atoms with Gasteiger partial charge < -0.3 is 0 Å². The van der Waals surface area contributed by atoms with Crippen LogP contribution in [0.15, 0.2) is 54.6 Å². The minimum Gasteiger partial charge on any atom is -0.285 e. The van der Waals surface area contributed by atoms with Gasteiger partial charge in [0.25, 0.3) is 9.05 Å². The molecule has 1 heterocycles. The first-order valence-electron chi connectivity index (χ1n) is 5.54. The Kier molecular flexibility index (Phi) is 4.79. The van der Waals surface area contributed by atoms with Crippen LogP contribution in [0.4, 0.5) is 0 Å². The average molecular weight is 325 g/mol. The minimum absolute atomic E-state index is 1.08. The molecule has 0 aliphatic rings. The molecule has 0 aliphatic carbocycles. The monoisotopic (exact) mass is 325 g/mol. The van der Waals surface area contributed by atoms with E-state index in [2.05, 4.69) is 46.5 Å². The first kappa shape index (κ1) is 15.0. The molecule has 2 aromatic carbocycles. The summed E-state index contributed by atoms with van der Waals surface area (Å²) < 4.78 is 25.2. The van der Waals surface area contributed by atoms with Gasteiger partial charge in [0, 0.05) is 16.8 Å². The van der Waals surface area contributed by atoms with E-state index in [1.165, 1.54) is 10.3 Å². The minimum atomic E-state index is -3.83. The van der Waals surface area contributed by atoms with Crippen LogP contribution in [0, 0.1) is 0 Å². The highest BCUT2D eigenvalue weighted by Crippen LogP contribution is 2.29. The molecule has 3 rings (SSSR count). The number of hydrogen-bond donors (Lipinski definition) is 2. The predicted octanol–water partition coefficient (Wildman–Crippen LogP) is 3.64. The standard InChI is InChI=1S/C13H9NS.H2O3S2/c1-2-6-10(7-3-1)13-14-11-8-4-5-9-12(11)15-13;1-5(2,3)4/h1-9H;(H2,1,2,3,4). The Morgan fingerprint density at radius 1 is 1.00 bits per heavy atom. The molecule has 4 nitrogen and oxygen atoms in total. The van der Waals surface area contributed by atoms with E-state index in [-0.39, 0.29) is 0 Å². The van der Waals surface area contributed by atoms with Crippen LogP contribution >= 0.6 is 11.3 Å².